The summed E-state index contributed by atoms with van der Waals surface area (Å²) in [6, 6.07) is 8.53. The summed E-state index contributed by atoms with van der Waals surface area (Å²) in [6.45, 7) is 0. The zero-order chi connectivity index (χ0) is 16.0. The van der Waals surface area contributed by atoms with Crippen LogP contribution in [0.4, 0.5) is 0 Å². The highest BCUT2D eigenvalue weighted by molar-refractivity contribution is 7.89. The summed E-state index contributed by atoms with van der Waals surface area (Å²) in [5.41, 5.74) is 1.95. The second kappa shape index (κ2) is 5.47. The average Bonchev–Trinajstić information content (AvgIpc) is 3.31. The molecule has 2 saturated heterocycles. The molecular formula is C18H20N2O2S. The van der Waals surface area contributed by atoms with Crippen molar-refractivity contribution in [3.8, 4) is 6.07 Å². The second-order valence-electron chi connectivity index (χ2n) is 6.93. The molecule has 5 heteroatoms. The number of rotatable bonds is 3. The van der Waals surface area contributed by atoms with Crippen molar-refractivity contribution >= 4 is 10.0 Å². The van der Waals surface area contributed by atoms with Crippen molar-refractivity contribution in [2.45, 2.75) is 55.5 Å². The molecule has 2 aliphatic heterocycles. The standard InChI is InChI=1S/C18H20N2O2S/c19-12-14-3-7-18(8-4-14)23(21,22)20-16-5-6-17(20)11-15(10-16)9-13-1-2-13/h3-4,7-9,13,16-17H,1-2,5-6,10-11H2. The summed E-state index contributed by atoms with van der Waals surface area (Å²) in [6.07, 6.45) is 8.70. The molecule has 3 fully saturated rings. The predicted octanol–water partition coefficient (Wildman–Crippen LogP) is 3.21. The predicted molar refractivity (Wildman–Crippen MR) is 87.0 cm³/mol. The summed E-state index contributed by atoms with van der Waals surface area (Å²) in [7, 11) is -3.46. The third-order valence-corrected chi connectivity index (χ3v) is 7.22. The molecule has 120 valence electrons. The van der Waals surface area contributed by atoms with Crippen molar-refractivity contribution in [1.82, 2.24) is 4.31 Å². The third kappa shape index (κ3) is 2.71. The monoisotopic (exact) mass is 328 g/mol. The fraction of sp³-hybridized carbons (Fsp3) is 0.500. The topological polar surface area (TPSA) is 61.2 Å². The van der Waals surface area contributed by atoms with Crippen LogP contribution in [0.3, 0.4) is 0 Å². The maximum atomic E-state index is 13.0. The van der Waals surface area contributed by atoms with E-state index in [1.165, 1.54) is 18.4 Å². The van der Waals surface area contributed by atoms with Gasteiger partial charge in [-0.3, -0.25) is 0 Å². The van der Waals surface area contributed by atoms with E-state index in [1.807, 2.05) is 6.07 Å². The zero-order valence-electron chi connectivity index (χ0n) is 13.0. The van der Waals surface area contributed by atoms with Crippen molar-refractivity contribution in [3.05, 3.63) is 41.5 Å². The zero-order valence-corrected chi connectivity index (χ0v) is 13.8. The summed E-state index contributed by atoms with van der Waals surface area (Å²) < 4.78 is 27.8. The number of allylic oxidation sites excluding steroid dienone is 1. The van der Waals surface area contributed by atoms with Gasteiger partial charge in [0.05, 0.1) is 16.5 Å². The number of sulfonamides is 1. The molecule has 0 aromatic heterocycles. The lowest BCUT2D eigenvalue weighted by atomic mass is 9.98. The number of benzene rings is 1. The van der Waals surface area contributed by atoms with Crippen molar-refractivity contribution in [1.29, 1.82) is 5.26 Å². The van der Waals surface area contributed by atoms with Crippen LogP contribution in [0.15, 0.2) is 40.8 Å². The third-order valence-electron chi connectivity index (χ3n) is 5.20. The fourth-order valence-electron chi connectivity index (χ4n) is 3.96. The molecule has 0 spiro atoms. The molecule has 23 heavy (non-hydrogen) atoms. The second-order valence-corrected chi connectivity index (χ2v) is 8.77. The molecule has 2 bridgehead atoms. The number of piperidine rings is 1. The molecule has 4 rings (SSSR count). The van der Waals surface area contributed by atoms with E-state index >= 15 is 0 Å². The van der Waals surface area contributed by atoms with Crippen LogP contribution in [0.5, 0.6) is 0 Å². The van der Waals surface area contributed by atoms with Gasteiger partial charge in [0.2, 0.25) is 10.0 Å². The number of hydrogen-bond donors (Lipinski definition) is 0. The molecule has 1 aliphatic carbocycles. The van der Waals surface area contributed by atoms with Gasteiger partial charge < -0.3 is 0 Å². The quantitative estimate of drug-likeness (QED) is 0.801. The maximum absolute atomic E-state index is 13.0. The highest BCUT2D eigenvalue weighted by Gasteiger charge is 2.45. The molecule has 2 atom stereocenters. The van der Waals surface area contributed by atoms with Crippen LogP contribution in [0.25, 0.3) is 0 Å². The Balaban J connectivity index is 1.61. The van der Waals surface area contributed by atoms with E-state index in [-0.39, 0.29) is 12.1 Å². The van der Waals surface area contributed by atoms with Crippen molar-refractivity contribution in [3.63, 3.8) is 0 Å². The lowest BCUT2D eigenvalue weighted by Gasteiger charge is -2.35. The summed E-state index contributed by atoms with van der Waals surface area (Å²) in [5, 5.41) is 8.86. The van der Waals surface area contributed by atoms with Crippen LogP contribution in [0.2, 0.25) is 0 Å². The number of hydrogen-bond acceptors (Lipinski definition) is 3. The molecule has 4 nitrogen and oxygen atoms in total. The van der Waals surface area contributed by atoms with Gasteiger partial charge in [-0.15, -0.1) is 0 Å². The fourth-order valence-corrected chi connectivity index (χ4v) is 5.83. The van der Waals surface area contributed by atoms with Gasteiger partial charge in [-0.2, -0.15) is 9.57 Å². The van der Waals surface area contributed by atoms with Crippen LogP contribution >= 0.6 is 0 Å². The largest absolute Gasteiger partial charge is 0.243 e. The summed E-state index contributed by atoms with van der Waals surface area (Å²) in [5.74, 6) is 0.756. The number of nitriles is 1. The van der Waals surface area contributed by atoms with Crippen molar-refractivity contribution < 1.29 is 8.42 Å². The van der Waals surface area contributed by atoms with Crippen LogP contribution < -0.4 is 0 Å². The Kier molecular flexibility index (Phi) is 3.55. The maximum Gasteiger partial charge on any atom is 0.243 e. The molecule has 0 N–H and O–H groups in total. The minimum Gasteiger partial charge on any atom is -0.207 e. The first-order valence-electron chi connectivity index (χ1n) is 8.31. The van der Waals surface area contributed by atoms with E-state index < -0.39 is 10.0 Å². The Morgan fingerprint density at radius 1 is 1.04 bits per heavy atom. The molecule has 2 heterocycles. The minimum atomic E-state index is -3.46. The molecule has 0 amide bonds. The van der Waals surface area contributed by atoms with Gasteiger partial charge in [-0.25, -0.2) is 8.42 Å². The first kappa shape index (κ1) is 14.9. The van der Waals surface area contributed by atoms with Gasteiger partial charge >= 0.3 is 0 Å². The molecule has 1 aromatic carbocycles. The lowest BCUT2D eigenvalue weighted by Crippen LogP contribution is -2.44. The Morgan fingerprint density at radius 3 is 2.17 bits per heavy atom. The Hall–Kier alpha value is -1.64. The van der Waals surface area contributed by atoms with Gasteiger partial charge in [0.25, 0.3) is 0 Å². The molecule has 3 aliphatic rings. The highest BCUT2D eigenvalue weighted by atomic mass is 32.2. The molecule has 0 radical (unpaired) electrons. The average molecular weight is 328 g/mol. The first-order valence-corrected chi connectivity index (χ1v) is 9.75. The molecule has 1 saturated carbocycles. The van der Waals surface area contributed by atoms with E-state index in [9.17, 15) is 8.42 Å². The van der Waals surface area contributed by atoms with E-state index in [1.54, 1.807) is 28.6 Å². The van der Waals surface area contributed by atoms with E-state index in [4.69, 9.17) is 5.26 Å². The van der Waals surface area contributed by atoms with Gasteiger partial charge in [-0.1, -0.05) is 11.6 Å². The summed E-state index contributed by atoms with van der Waals surface area (Å²) in [4.78, 5) is 0.308. The van der Waals surface area contributed by atoms with Crippen molar-refractivity contribution in [2.24, 2.45) is 5.92 Å². The van der Waals surface area contributed by atoms with Crippen LogP contribution in [-0.4, -0.2) is 24.8 Å². The van der Waals surface area contributed by atoms with E-state index in [0.29, 0.717) is 10.5 Å². The van der Waals surface area contributed by atoms with Crippen LogP contribution in [0.1, 0.15) is 44.1 Å². The van der Waals surface area contributed by atoms with Crippen LogP contribution in [-0.2, 0) is 10.0 Å². The molecule has 2 unspecified atom stereocenters. The highest BCUT2D eigenvalue weighted by Crippen LogP contribution is 2.43. The molecular weight excluding hydrogens is 308 g/mol. The molecule has 1 aromatic rings. The van der Waals surface area contributed by atoms with Gasteiger partial charge in [0.1, 0.15) is 0 Å². The number of fused-ring (bicyclic) bond motifs is 2. The van der Waals surface area contributed by atoms with Gasteiger partial charge in [0, 0.05) is 12.1 Å². The SMILES string of the molecule is N#Cc1ccc(S(=O)(=O)N2C3CCC2CC(=CC2CC2)C3)cc1. The minimum absolute atomic E-state index is 0.111. The Labute approximate surface area is 137 Å². The van der Waals surface area contributed by atoms with Gasteiger partial charge in [-0.05, 0) is 68.7 Å². The normalized spacial score (nSPS) is 27.7. The lowest BCUT2D eigenvalue weighted by molar-refractivity contribution is 0.284. The van der Waals surface area contributed by atoms with Gasteiger partial charge in [0.15, 0.2) is 0 Å². The number of nitrogens with zero attached hydrogens (tertiary/aromatic N) is 2. The van der Waals surface area contributed by atoms with Crippen LogP contribution in [0, 0.1) is 17.2 Å². The van der Waals surface area contributed by atoms with Crippen molar-refractivity contribution in [2.75, 3.05) is 0 Å². The summed E-state index contributed by atoms with van der Waals surface area (Å²) >= 11 is 0. The van der Waals surface area contributed by atoms with E-state index in [0.717, 1.165) is 31.6 Å². The van der Waals surface area contributed by atoms with E-state index in [2.05, 4.69) is 6.08 Å². The smallest absolute Gasteiger partial charge is 0.207 e. The first-order chi connectivity index (χ1) is 11.1. The Morgan fingerprint density at radius 2 is 1.65 bits per heavy atom. The Bertz CT molecular complexity index is 769.